The quantitative estimate of drug-likeness (QED) is 0.878. The van der Waals surface area contributed by atoms with Gasteiger partial charge < -0.3 is 19.9 Å². The minimum absolute atomic E-state index is 0.161. The second kappa shape index (κ2) is 7.13. The van der Waals surface area contributed by atoms with E-state index in [2.05, 4.69) is 15.2 Å². The molecule has 0 saturated carbocycles. The fourth-order valence-electron chi connectivity index (χ4n) is 3.15. The molecule has 1 aromatic rings. The smallest absolute Gasteiger partial charge is 0.410 e. The molecule has 0 spiro atoms. The number of halogens is 1. The van der Waals surface area contributed by atoms with Gasteiger partial charge in [0, 0.05) is 26.2 Å². The number of hydrogen-bond donors (Lipinski definition) is 1. The van der Waals surface area contributed by atoms with Gasteiger partial charge >= 0.3 is 6.09 Å². The van der Waals surface area contributed by atoms with Gasteiger partial charge in [-0.1, -0.05) is 12.1 Å². The molecular formula is C19H27FN4O2. The van der Waals surface area contributed by atoms with Gasteiger partial charge in [0.05, 0.1) is 12.6 Å². The molecule has 1 amide bonds. The van der Waals surface area contributed by atoms with E-state index in [-0.39, 0.29) is 18.0 Å². The van der Waals surface area contributed by atoms with Crippen LogP contribution in [0, 0.1) is 12.7 Å². The number of carbonyl (C=O) groups excluding carboxylic acids is 1. The van der Waals surface area contributed by atoms with E-state index in [0.29, 0.717) is 38.3 Å². The molecule has 0 aliphatic carbocycles. The van der Waals surface area contributed by atoms with Gasteiger partial charge in [-0.05, 0) is 44.9 Å². The van der Waals surface area contributed by atoms with Crippen molar-refractivity contribution in [3.8, 4) is 0 Å². The van der Waals surface area contributed by atoms with Gasteiger partial charge in [-0.15, -0.1) is 0 Å². The van der Waals surface area contributed by atoms with Crippen molar-refractivity contribution in [3.63, 3.8) is 0 Å². The molecule has 2 aliphatic rings. The zero-order chi connectivity index (χ0) is 18.9. The van der Waals surface area contributed by atoms with E-state index in [9.17, 15) is 9.18 Å². The minimum Gasteiger partial charge on any atom is -0.444 e. The fourth-order valence-corrected chi connectivity index (χ4v) is 3.15. The normalized spacial score (nSPS) is 19.9. The van der Waals surface area contributed by atoms with Crippen molar-refractivity contribution in [2.24, 2.45) is 4.99 Å². The summed E-state index contributed by atoms with van der Waals surface area (Å²) in [5.74, 6) is 0.626. The molecule has 0 aromatic heterocycles. The number of carbonyl (C=O) groups is 1. The number of benzene rings is 1. The predicted octanol–water partition coefficient (Wildman–Crippen LogP) is 2.51. The van der Waals surface area contributed by atoms with Gasteiger partial charge in [0.15, 0.2) is 5.96 Å². The lowest BCUT2D eigenvalue weighted by Crippen LogP contribution is -2.57. The van der Waals surface area contributed by atoms with Crippen molar-refractivity contribution in [3.05, 3.63) is 35.1 Å². The van der Waals surface area contributed by atoms with Crippen LogP contribution >= 0.6 is 0 Å². The Labute approximate surface area is 154 Å². The van der Waals surface area contributed by atoms with E-state index in [1.54, 1.807) is 24.0 Å². The zero-order valence-electron chi connectivity index (χ0n) is 15.9. The third-order valence-electron chi connectivity index (χ3n) is 4.55. The first-order valence-corrected chi connectivity index (χ1v) is 9.01. The summed E-state index contributed by atoms with van der Waals surface area (Å²) in [7, 11) is 0. The van der Waals surface area contributed by atoms with Gasteiger partial charge in [0.1, 0.15) is 11.4 Å². The number of fused-ring (bicyclic) bond motifs is 1. The molecular weight excluding hydrogens is 335 g/mol. The molecule has 1 fully saturated rings. The van der Waals surface area contributed by atoms with E-state index in [1.807, 2.05) is 26.8 Å². The molecule has 3 rings (SSSR count). The zero-order valence-corrected chi connectivity index (χ0v) is 15.9. The van der Waals surface area contributed by atoms with Crippen molar-refractivity contribution in [1.82, 2.24) is 15.1 Å². The second-order valence-corrected chi connectivity index (χ2v) is 7.87. The third kappa shape index (κ3) is 4.26. The molecule has 142 valence electrons. The van der Waals surface area contributed by atoms with Gasteiger partial charge in [-0.2, -0.15) is 0 Å². The van der Waals surface area contributed by atoms with Gasteiger partial charge in [0.25, 0.3) is 0 Å². The predicted molar refractivity (Wildman–Crippen MR) is 98.6 cm³/mol. The molecule has 7 heteroatoms. The Kier molecular flexibility index (Phi) is 5.07. The maximum Gasteiger partial charge on any atom is 0.410 e. The Balaban J connectivity index is 1.53. The number of rotatable bonds is 2. The molecule has 1 saturated heterocycles. The number of piperazine rings is 1. The summed E-state index contributed by atoms with van der Waals surface area (Å²) in [6, 6.07) is 5.41. The molecule has 6 nitrogen and oxygen atoms in total. The Hall–Kier alpha value is -2.31. The van der Waals surface area contributed by atoms with E-state index in [1.165, 1.54) is 0 Å². The number of amides is 1. The minimum atomic E-state index is -0.490. The summed E-state index contributed by atoms with van der Waals surface area (Å²) in [5, 5.41) is 3.30. The Morgan fingerprint density at radius 3 is 2.85 bits per heavy atom. The van der Waals surface area contributed by atoms with Crippen molar-refractivity contribution < 1.29 is 13.9 Å². The first kappa shape index (κ1) is 18.5. The van der Waals surface area contributed by atoms with Crippen LogP contribution in [0.15, 0.2) is 23.2 Å². The van der Waals surface area contributed by atoms with E-state index >= 15 is 0 Å². The summed E-state index contributed by atoms with van der Waals surface area (Å²) in [6.07, 6.45) is -0.270. The number of guanidine groups is 1. The van der Waals surface area contributed by atoms with E-state index < -0.39 is 5.60 Å². The number of aliphatic imine (C=N–C) groups is 1. The Morgan fingerprint density at radius 1 is 1.38 bits per heavy atom. The maximum atomic E-state index is 13.7. The van der Waals surface area contributed by atoms with Crippen molar-refractivity contribution in [2.45, 2.75) is 45.9 Å². The van der Waals surface area contributed by atoms with Crippen molar-refractivity contribution in [1.29, 1.82) is 0 Å². The number of aryl methyl sites for hydroxylation is 1. The van der Waals surface area contributed by atoms with E-state index in [0.717, 1.165) is 11.5 Å². The van der Waals surface area contributed by atoms with Crippen LogP contribution in [0.5, 0.6) is 0 Å². The first-order chi connectivity index (χ1) is 12.2. The van der Waals surface area contributed by atoms with Crippen LogP contribution in [-0.2, 0) is 11.3 Å². The van der Waals surface area contributed by atoms with Gasteiger partial charge in [-0.25, -0.2) is 9.18 Å². The SMILES string of the molecule is Cc1ccc(CNC2=NCC3CN(C(=O)OC(C)(C)C)CCN23)cc1F. The highest BCUT2D eigenvalue weighted by Crippen LogP contribution is 2.19. The molecule has 2 aliphatic heterocycles. The lowest BCUT2D eigenvalue weighted by atomic mass is 10.1. The second-order valence-electron chi connectivity index (χ2n) is 7.87. The van der Waals surface area contributed by atoms with Gasteiger partial charge in [-0.3, -0.25) is 4.99 Å². The maximum absolute atomic E-state index is 13.7. The molecule has 1 N–H and O–H groups in total. The monoisotopic (exact) mass is 362 g/mol. The van der Waals surface area contributed by atoms with Crippen LogP contribution in [0.3, 0.4) is 0 Å². The molecule has 26 heavy (non-hydrogen) atoms. The van der Waals surface area contributed by atoms with E-state index in [4.69, 9.17) is 4.74 Å². The number of ether oxygens (including phenoxy) is 1. The molecule has 1 aromatic carbocycles. The van der Waals surface area contributed by atoms with Crippen LogP contribution in [0.4, 0.5) is 9.18 Å². The number of nitrogens with zero attached hydrogens (tertiary/aromatic N) is 3. The lowest BCUT2D eigenvalue weighted by molar-refractivity contribution is 0.0137. The largest absolute Gasteiger partial charge is 0.444 e. The highest BCUT2D eigenvalue weighted by Gasteiger charge is 2.36. The number of hydrogen-bond acceptors (Lipinski definition) is 5. The van der Waals surface area contributed by atoms with Crippen molar-refractivity contribution in [2.75, 3.05) is 26.2 Å². The summed E-state index contributed by atoms with van der Waals surface area (Å²) in [4.78, 5) is 20.7. The summed E-state index contributed by atoms with van der Waals surface area (Å²) < 4.78 is 19.1. The van der Waals surface area contributed by atoms with Crippen LogP contribution in [0.2, 0.25) is 0 Å². The van der Waals surface area contributed by atoms with Crippen LogP contribution < -0.4 is 5.32 Å². The average molecular weight is 362 g/mol. The standard InChI is InChI=1S/C19H27FN4O2/c1-13-5-6-14(9-16(13)20)10-21-17-22-11-15-12-23(7-8-24(15)17)18(25)26-19(2,3)4/h5-6,9,15H,7-8,10-12H2,1-4H3,(H,21,22). The lowest BCUT2D eigenvalue weighted by Gasteiger charge is -2.39. The number of nitrogens with one attached hydrogen (secondary N) is 1. The Bertz CT molecular complexity index is 714. The summed E-state index contributed by atoms with van der Waals surface area (Å²) in [5.41, 5.74) is 1.04. The molecule has 1 atom stereocenters. The molecule has 0 bridgehead atoms. The molecule has 1 unspecified atom stereocenters. The Morgan fingerprint density at radius 2 is 2.15 bits per heavy atom. The van der Waals surface area contributed by atoms with Gasteiger partial charge in [0.2, 0.25) is 0 Å². The summed E-state index contributed by atoms with van der Waals surface area (Å²) in [6.45, 7) is 10.4. The molecule has 2 heterocycles. The third-order valence-corrected chi connectivity index (χ3v) is 4.55. The first-order valence-electron chi connectivity index (χ1n) is 9.01. The van der Waals surface area contributed by atoms with Crippen molar-refractivity contribution >= 4 is 12.1 Å². The topological polar surface area (TPSA) is 57.2 Å². The fraction of sp³-hybridized carbons (Fsp3) is 0.579. The molecule has 0 radical (unpaired) electrons. The highest BCUT2D eigenvalue weighted by atomic mass is 19.1. The van der Waals surface area contributed by atoms with Crippen LogP contribution in [0.25, 0.3) is 0 Å². The van der Waals surface area contributed by atoms with Crippen LogP contribution in [-0.4, -0.2) is 59.7 Å². The van der Waals surface area contributed by atoms with Crippen LogP contribution in [0.1, 0.15) is 31.9 Å². The average Bonchev–Trinajstić information content (AvgIpc) is 2.96. The highest BCUT2D eigenvalue weighted by molar-refractivity contribution is 5.82. The summed E-state index contributed by atoms with van der Waals surface area (Å²) >= 11 is 0.